The van der Waals surface area contributed by atoms with Crippen LogP contribution in [0.2, 0.25) is 0 Å². The maximum absolute atomic E-state index is 14.3. The second kappa shape index (κ2) is 9.05. The molecule has 0 bridgehead atoms. The SMILES string of the molecule is CCC(C(=O)Nc1ccccc1OC(C)C)N(c1ccccc1F)S(C)(=O)=O. The van der Waals surface area contributed by atoms with E-state index in [0.717, 1.165) is 16.6 Å². The van der Waals surface area contributed by atoms with Crippen molar-refractivity contribution in [2.75, 3.05) is 15.9 Å². The molecule has 0 aromatic heterocycles. The fourth-order valence-electron chi connectivity index (χ4n) is 2.81. The molecule has 28 heavy (non-hydrogen) atoms. The zero-order valence-corrected chi connectivity index (χ0v) is 17.2. The van der Waals surface area contributed by atoms with E-state index in [1.807, 2.05) is 13.8 Å². The van der Waals surface area contributed by atoms with Crippen LogP contribution in [0.25, 0.3) is 0 Å². The summed E-state index contributed by atoms with van der Waals surface area (Å²) in [6.45, 7) is 5.38. The molecule has 2 aromatic carbocycles. The Morgan fingerprint density at radius 2 is 1.75 bits per heavy atom. The molecule has 0 saturated heterocycles. The molecule has 8 heteroatoms. The number of hydrogen-bond donors (Lipinski definition) is 1. The summed E-state index contributed by atoms with van der Waals surface area (Å²) in [6.07, 6.45) is 0.997. The van der Waals surface area contributed by atoms with Crippen LogP contribution >= 0.6 is 0 Å². The lowest BCUT2D eigenvalue weighted by atomic mass is 10.1. The maximum Gasteiger partial charge on any atom is 0.248 e. The molecule has 0 heterocycles. The topological polar surface area (TPSA) is 75.7 Å². The molecular formula is C20H25FN2O4S. The average molecular weight is 408 g/mol. The lowest BCUT2D eigenvalue weighted by Gasteiger charge is -2.30. The van der Waals surface area contributed by atoms with Gasteiger partial charge >= 0.3 is 0 Å². The first-order valence-corrected chi connectivity index (χ1v) is 10.8. The molecule has 1 atom stereocenters. The number of nitrogens with one attached hydrogen (secondary N) is 1. The minimum absolute atomic E-state index is 0.106. The number of sulfonamides is 1. The highest BCUT2D eigenvalue weighted by Gasteiger charge is 2.33. The van der Waals surface area contributed by atoms with Crippen molar-refractivity contribution in [2.24, 2.45) is 0 Å². The number of amides is 1. The summed E-state index contributed by atoms with van der Waals surface area (Å²) in [5.41, 5.74) is 0.250. The van der Waals surface area contributed by atoms with E-state index in [0.29, 0.717) is 11.4 Å². The second-order valence-corrected chi connectivity index (χ2v) is 8.45. The Hall–Kier alpha value is -2.61. The second-order valence-electron chi connectivity index (χ2n) is 6.59. The van der Waals surface area contributed by atoms with Gasteiger partial charge in [0, 0.05) is 0 Å². The molecule has 0 spiro atoms. The smallest absolute Gasteiger partial charge is 0.248 e. The van der Waals surface area contributed by atoms with E-state index in [1.165, 1.54) is 18.2 Å². The van der Waals surface area contributed by atoms with Gasteiger partial charge in [-0.15, -0.1) is 0 Å². The number of rotatable bonds is 8. The molecular weight excluding hydrogens is 383 g/mol. The highest BCUT2D eigenvalue weighted by Crippen LogP contribution is 2.28. The van der Waals surface area contributed by atoms with E-state index >= 15 is 0 Å². The molecule has 2 rings (SSSR count). The van der Waals surface area contributed by atoms with Gasteiger partial charge in [-0.3, -0.25) is 9.10 Å². The van der Waals surface area contributed by atoms with Gasteiger partial charge in [0.2, 0.25) is 15.9 Å². The molecule has 1 unspecified atom stereocenters. The van der Waals surface area contributed by atoms with E-state index < -0.39 is 27.8 Å². The standard InChI is InChI=1S/C20H25FN2O4S/c1-5-17(23(28(4,25)26)18-12-8-6-10-15(18)21)20(24)22-16-11-7-9-13-19(16)27-14(2)3/h6-14,17H,5H2,1-4H3,(H,22,24). The molecule has 0 aliphatic rings. The van der Waals surface area contributed by atoms with Crippen LogP contribution in [0.1, 0.15) is 27.2 Å². The Bertz CT molecular complexity index is 931. The lowest BCUT2D eigenvalue weighted by Crippen LogP contribution is -2.47. The molecule has 0 aliphatic carbocycles. The third-order valence-electron chi connectivity index (χ3n) is 3.93. The van der Waals surface area contributed by atoms with Crippen molar-refractivity contribution in [2.45, 2.75) is 39.3 Å². The van der Waals surface area contributed by atoms with Crippen LogP contribution in [0, 0.1) is 5.82 Å². The third-order valence-corrected chi connectivity index (χ3v) is 5.09. The van der Waals surface area contributed by atoms with E-state index in [9.17, 15) is 17.6 Å². The number of halogens is 1. The summed E-state index contributed by atoms with van der Waals surface area (Å²) in [5.74, 6) is -0.823. The average Bonchev–Trinajstić information content (AvgIpc) is 2.60. The number of nitrogens with zero attached hydrogens (tertiary/aromatic N) is 1. The van der Waals surface area contributed by atoms with Gasteiger partial charge in [0.25, 0.3) is 0 Å². The van der Waals surface area contributed by atoms with Crippen molar-refractivity contribution < 1.29 is 22.3 Å². The Kier molecular flexibility index (Phi) is 7.01. The molecule has 1 amide bonds. The quantitative estimate of drug-likeness (QED) is 0.721. The van der Waals surface area contributed by atoms with E-state index in [-0.39, 0.29) is 18.2 Å². The Morgan fingerprint density at radius 3 is 2.32 bits per heavy atom. The third kappa shape index (κ3) is 5.22. The van der Waals surface area contributed by atoms with Gasteiger partial charge in [0.1, 0.15) is 17.6 Å². The predicted molar refractivity (Wildman–Crippen MR) is 109 cm³/mol. The summed E-state index contributed by atoms with van der Waals surface area (Å²) in [7, 11) is -3.92. The number of hydrogen-bond acceptors (Lipinski definition) is 4. The number of benzene rings is 2. The van der Waals surface area contributed by atoms with Crippen LogP contribution < -0.4 is 14.4 Å². The molecule has 152 valence electrons. The number of anilines is 2. The monoisotopic (exact) mass is 408 g/mol. The number of carbonyl (C=O) groups excluding carboxylic acids is 1. The van der Waals surface area contributed by atoms with Gasteiger partial charge in [0.15, 0.2) is 0 Å². The van der Waals surface area contributed by atoms with Crippen molar-refractivity contribution >= 4 is 27.3 Å². The van der Waals surface area contributed by atoms with Crippen molar-refractivity contribution in [1.29, 1.82) is 0 Å². The Balaban J connectivity index is 2.40. The minimum Gasteiger partial charge on any atom is -0.489 e. The van der Waals surface area contributed by atoms with Gasteiger partial charge in [-0.2, -0.15) is 0 Å². The first-order valence-electron chi connectivity index (χ1n) is 8.95. The fraction of sp³-hybridized carbons (Fsp3) is 0.350. The van der Waals surface area contributed by atoms with Gasteiger partial charge in [-0.05, 0) is 44.5 Å². The van der Waals surface area contributed by atoms with Crippen LogP contribution in [-0.2, 0) is 14.8 Å². The fourth-order valence-corrected chi connectivity index (χ4v) is 4.02. The van der Waals surface area contributed by atoms with Gasteiger partial charge in [-0.25, -0.2) is 12.8 Å². The molecule has 1 N–H and O–H groups in total. The van der Waals surface area contributed by atoms with Crippen LogP contribution in [0.5, 0.6) is 5.75 Å². The zero-order valence-electron chi connectivity index (χ0n) is 16.3. The Labute approximate surface area is 165 Å². The summed E-state index contributed by atoms with van der Waals surface area (Å²) in [5, 5.41) is 2.72. The first kappa shape index (κ1) is 21.7. The largest absolute Gasteiger partial charge is 0.489 e. The summed E-state index contributed by atoms with van der Waals surface area (Å²) < 4.78 is 45.6. The first-order chi connectivity index (χ1) is 13.1. The van der Waals surface area contributed by atoms with Crippen molar-refractivity contribution in [1.82, 2.24) is 0 Å². The van der Waals surface area contributed by atoms with Crippen LogP contribution in [0.15, 0.2) is 48.5 Å². The summed E-state index contributed by atoms with van der Waals surface area (Å²) in [4.78, 5) is 13.0. The van der Waals surface area contributed by atoms with Gasteiger partial charge < -0.3 is 10.1 Å². The van der Waals surface area contributed by atoms with Gasteiger partial charge in [0.05, 0.1) is 23.7 Å². The van der Waals surface area contributed by atoms with Crippen molar-refractivity contribution in [3.05, 3.63) is 54.3 Å². The van der Waals surface area contributed by atoms with E-state index in [4.69, 9.17) is 4.74 Å². The highest BCUT2D eigenvalue weighted by atomic mass is 32.2. The van der Waals surface area contributed by atoms with Crippen molar-refractivity contribution in [3.63, 3.8) is 0 Å². The Morgan fingerprint density at radius 1 is 1.14 bits per heavy atom. The lowest BCUT2D eigenvalue weighted by molar-refractivity contribution is -0.117. The normalized spacial score (nSPS) is 12.5. The number of ether oxygens (including phenoxy) is 1. The summed E-state index contributed by atoms with van der Waals surface area (Å²) in [6, 6.07) is 11.2. The zero-order chi connectivity index (χ0) is 20.9. The van der Waals surface area contributed by atoms with Crippen LogP contribution in [0.3, 0.4) is 0 Å². The maximum atomic E-state index is 14.3. The summed E-state index contributed by atoms with van der Waals surface area (Å²) >= 11 is 0. The molecule has 0 fully saturated rings. The number of carbonyl (C=O) groups is 1. The minimum atomic E-state index is -3.92. The number of para-hydroxylation sites is 3. The highest BCUT2D eigenvalue weighted by molar-refractivity contribution is 7.92. The van der Waals surface area contributed by atoms with E-state index in [2.05, 4.69) is 5.32 Å². The van der Waals surface area contributed by atoms with Gasteiger partial charge in [-0.1, -0.05) is 31.2 Å². The molecule has 2 aromatic rings. The van der Waals surface area contributed by atoms with Crippen LogP contribution in [-0.4, -0.2) is 32.7 Å². The van der Waals surface area contributed by atoms with Crippen molar-refractivity contribution in [3.8, 4) is 5.75 Å². The molecule has 0 radical (unpaired) electrons. The predicted octanol–water partition coefficient (Wildman–Crippen LogP) is 3.80. The van der Waals surface area contributed by atoms with Crippen LogP contribution in [0.4, 0.5) is 15.8 Å². The molecule has 0 saturated carbocycles. The van der Waals surface area contributed by atoms with E-state index in [1.54, 1.807) is 31.2 Å². The molecule has 0 aliphatic heterocycles. The molecule has 6 nitrogen and oxygen atoms in total.